The van der Waals surface area contributed by atoms with Crippen molar-refractivity contribution in [2.45, 2.75) is 38.8 Å². The Labute approximate surface area is 129 Å². The summed E-state index contributed by atoms with van der Waals surface area (Å²) in [5.41, 5.74) is 5.94. The zero-order chi connectivity index (χ0) is 15.4. The fourth-order valence-corrected chi connectivity index (χ4v) is 3.17. The van der Waals surface area contributed by atoms with Gasteiger partial charge in [0.15, 0.2) is 0 Å². The van der Waals surface area contributed by atoms with Gasteiger partial charge >= 0.3 is 0 Å². The second-order valence-corrected chi connectivity index (χ2v) is 6.81. The summed E-state index contributed by atoms with van der Waals surface area (Å²) in [5.74, 6) is -0.164. The number of carbonyl (C=O) groups excluding carboxylic acids is 2. The van der Waals surface area contributed by atoms with Gasteiger partial charge in [-0.15, -0.1) is 11.3 Å². The van der Waals surface area contributed by atoms with Gasteiger partial charge in [-0.1, -0.05) is 19.9 Å². The first kappa shape index (κ1) is 16.0. The average Bonchev–Trinajstić information content (AvgIpc) is 2.97. The summed E-state index contributed by atoms with van der Waals surface area (Å²) in [7, 11) is 0. The molecule has 0 saturated carbocycles. The first-order chi connectivity index (χ1) is 9.99. The molecule has 116 valence electrons. The molecule has 21 heavy (non-hydrogen) atoms. The van der Waals surface area contributed by atoms with Crippen LogP contribution in [0.25, 0.3) is 0 Å². The van der Waals surface area contributed by atoms with E-state index < -0.39 is 6.04 Å². The van der Waals surface area contributed by atoms with Gasteiger partial charge in [0.2, 0.25) is 5.91 Å². The second kappa shape index (κ2) is 7.04. The molecule has 0 aromatic carbocycles. The molecule has 2 rings (SSSR count). The quantitative estimate of drug-likeness (QED) is 0.884. The lowest BCUT2D eigenvalue weighted by atomic mass is 10.00. The van der Waals surface area contributed by atoms with Crippen LogP contribution in [0.1, 0.15) is 36.4 Å². The maximum atomic E-state index is 12.6. The van der Waals surface area contributed by atoms with Crippen molar-refractivity contribution in [1.29, 1.82) is 0 Å². The van der Waals surface area contributed by atoms with Crippen LogP contribution < -0.4 is 11.1 Å². The molecule has 2 heterocycles. The molecule has 1 aromatic rings. The number of piperidine rings is 1. The van der Waals surface area contributed by atoms with Crippen LogP contribution in [0.4, 0.5) is 0 Å². The molecule has 2 atom stereocenters. The first-order valence-corrected chi connectivity index (χ1v) is 8.25. The molecule has 6 heteroatoms. The first-order valence-electron chi connectivity index (χ1n) is 7.37. The maximum Gasteiger partial charge on any atom is 0.262 e. The van der Waals surface area contributed by atoms with Gasteiger partial charge in [0.25, 0.3) is 5.91 Å². The summed E-state index contributed by atoms with van der Waals surface area (Å²) in [6.07, 6.45) is 1.88. The highest BCUT2D eigenvalue weighted by atomic mass is 32.1. The lowest BCUT2D eigenvalue weighted by Crippen LogP contribution is -2.55. The molecule has 2 amide bonds. The largest absolute Gasteiger partial charge is 0.339 e. The fourth-order valence-electron chi connectivity index (χ4n) is 2.54. The summed E-state index contributed by atoms with van der Waals surface area (Å²) in [6.45, 7) is 5.20. The molecule has 1 aromatic heterocycles. The van der Waals surface area contributed by atoms with E-state index >= 15 is 0 Å². The summed E-state index contributed by atoms with van der Waals surface area (Å²) < 4.78 is 0. The second-order valence-electron chi connectivity index (χ2n) is 5.86. The topological polar surface area (TPSA) is 75.4 Å². The molecule has 1 aliphatic heterocycles. The van der Waals surface area contributed by atoms with Gasteiger partial charge in [0.1, 0.15) is 6.04 Å². The molecule has 0 aliphatic carbocycles. The standard InChI is InChI=1S/C15H23N3O2S/c1-10(2)13(17-14(19)12-6-4-8-21-12)15(20)18-7-3-5-11(16)9-18/h4,6,8,10-11,13H,3,5,7,9,16H2,1-2H3,(H,17,19). The van der Waals surface area contributed by atoms with Crippen molar-refractivity contribution < 1.29 is 9.59 Å². The number of carbonyl (C=O) groups is 2. The Morgan fingerprint density at radius 3 is 2.81 bits per heavy atom. The number of hydrogen-bond donors (Lipinski definition) is 2. The minimum absolute atomic E-state index is 0.0231. The van der Waals surface area contributed by atoms with Crippen molar-refractivity contribution in [3.05, 3.63) is 22.4 Å². The molecular weight excluding hydrogens is 286 g/mol. The van der Waals surface area contributed by atoms with Crippen LogP contribution in [0, 0.1) is 5.92 Å². The average molecular weight is 309 g/mol. The molecule has 0 radical (unpaired) electrons. The Kier molecular flexibility index (Phi) is 5.36. The molecule has 1 aliphatic rings. The van der Waals surface area contributed by atoms with Crippen LogP contribution in [-0.2, 0) is 4.79 Å². The van der Waals surface area contributed by atoms with Crippen molar-refractivity contribution in [2.24, 2.45) is 11.7 Å². The number of nitrogens with one attached hydrogen (secondary N) is 1. The monoisotopic (exact) mass is 309 g/mol. The van der Waals surface area contributed by atoms with Crippen molar-refractivity contribution in [3.8, 4) is 0 Å². The van der Waals surface area contributed by atoms with E-state index in [1.165, 1.54) is 11.3 Å². The fraction of sp³-hybridized carbons (Fsp3) is 0.600. The molecule has 1 fully saturated rings. The third-order valence-corrected chi connectivity index (χ3v) is 4.60. The SMILES string of the molecule is CC(C)C(NC(=O)c1cccs1)C(=O)N1CCCC(N)C1. The highest BCUT2D eigenvalue weighted by molar-refractivity contribution is 7.12. The van der Waals surface area contributed by atoms with Gasteiger partial charge in [-0.05, 0) is 30.2 Å². The maximum absolute atomic E-state index is 12.6. The summed E-state index contributed by atoms with van der Waals surface area (Å²) >= 11 is 1.38. The van der Waals surface area contributed by atoms with Gasteiger partial charge in [-0.3, -0.25) is 9.59 Å². The zero-order valence-corrected chi connectivity index (χ0v) is 13.4. The predicted molar refractivity (Wildman–Crippen MR) is 84.2 cm³/mol. The third kappa shape index (κ3) is 4.04. The van der Waals surface area contributed by atoms with E-state index in [0.717, 1.165) is 19.4 Å². The third-order valence-electron chi connectivity index (χ3n) is 3.73. The zero-order valence-electron chi connectivity index (χ0n) is 12.5. The van der Waals surface area contributed by atoms with E-state index in [1.54, 1.807) is 11.0 Å². The molecule has 0 bridgehead atoms. The molecule has 3 N–H and O–H groups in total. The number of thiophene rings is 1. The Bertz CT molecular complexity index is 487. The normalized spacial score (nSPS) is 20.4. The highest BCUT2D eigenvalue weighted by Crippen LogP contribution is 2.15. The van der Waals surface area contributed by atoms with E-state index in [2.05, 4.69) is 5.32 Å². The van der Waals surface area contributed by atoms with Gasteiger partial charge < -0.3 is 16.0 Å². The predicted octanol–water partition coefficient (Wildman–Crippen LogP) is 1.45. The smallest absolute Gasteiger partial charge is 0.262 e. The van der Waals surface area contributed by atoms with Crippen LogP contribution in [0.5, 0.6) is 0 Å². The Balaban J connectivity index is 2.04. The summed E-state index contributed by atoms with van der Waals surface area (Å²) in [5, 5.41) is 4.72. The molecule has 5 nitrogen and oxygen atoms in total. The highest BCUT2D eigenvalue weighted by Gasteiger charge is 2.31. The minimum Gasteiger partial charge on any atom is -0.339 e. The minimum atomic E-state index is -0.495. The van der Waals surface area contributed by atoms with Crippen molar-refractivity contribution in [3.63, 3.8) is 0 Å². The van der Waals surface area contributed by atoms with Crippen molar-refractivity contribution >= 4 is 23.2 Å². The molecule has 2 unspecified atom stereocenters. The van der Waals surface area contributed by atoms with Gasteiger partial charge in [0, 0.05) is 19.1 Å². The Morgan fingerprint density at radius 1 is 1.48 bits per heavy atom. The van der Waals surface area contributed by atoms with E-state index in [9.17, 15) is 9.59 Å². The number of nitrogens with zero attached hydrogens (tertiary/aromatic N) is 1. The number of nitrogens with two attached hydrogens (primary N) is 1. The number of amides is 2. The van der Waals surface area contributed by atoms with E-state index in [4.69, 9.17) is 5.73 Å². The van der Waals surface area contributed by atoms with Crippen LogP contribution in [0.2, 0.25) is 0 Å². The van der Waals surface area contributed by atoms with E-state index in [0.29, 0.717) is 11.4 Å². The van der Waals surface area contributed by atoms with Crippen molar-refractivity contribution in [2.75, 3.05) is 13.1 Å². The number of rotatable bonds is 4. The van der Waals surface area contributed by atoms with Crippen LogP contribution >= 0.6 is 11.3 Å². The molecule has 1 saturated heterocycles. The lowest BCUT2D eigenvalue weighted by Gasteiger charge is -2.34. The Hall–Kier alpha value is -1.40. The van der Waals surface area contributed by atoms with Crippen LogP contribution in [0.15, 0.2) is 17.5 Å². The Morgan fingerprint density at radius 2 is 2.24 bits per heavy atom. The van der Waals surface area contributed by atoms with Crippen LogP contribution in [0.3, 0.4) is 0 Å². The molecular formula is C15H23N3O2S. The van der Waals surface area contributed by atoms with Crippen LogP contribution in [-0.4, -0.2) is 41.9 Å². The van der Waals surface area contributed by atoms with Gasteiger partial charge in [0.05, 0.1) is 4.88 Å². The summed E-state index contributed by atoms with van der Waals surface area (Å²) in [4.78, 5) is 27.2. The van der Waals surface area contributed by atoms with E-state index in [1.807, 2.05) is 25.3 Å². The number of hydrogen-bond acceptors (Lipinski definition) is 4. The lowest BCUT2D eigenvalue weighted by molar-refractivity contribution is -0.135. The van der Waals surface area contributed by atoms with Crippen molar-refractivity contribution in [1.82, 2.24) is 10.2 Å². The van der Waals surface area contributed by atoms with Gasteiger partial charge in [-0.2, -0.15) is 0 Å². The summed E-state index contributed by atoms with van der Waals surface area (Å²) in [6, 6.07) is 3.14. The number of likely N-dealkylation sites (tertiary alicyclic amines) is 1. The van der Waals surface area contributed by atoms with E-state index in [-0.39, 0.29) is 23.8 Å². The molecule has 0 spiro atoms. The van der Waals surface area contributed by atoms with Gasteiger partial charge in [-0.25, -0.2) is 0 Å².